The third kappa shape index (κ3) is 4.84. The van der Waals surface area contributed by atoms with Crippen molar-refractivity contribution in [2.45, 2.75) is 6.42 Å². The molecule has 0 spiro atoms. The molecule has 2 heterocycles. The maximum atomic E-state index is 12.1. The predicted molar refractivity (Wildman–Crippen MR) is 100 cm³/mol. The summed E-state index contributed by atoms with van der Waals surface area (Å²) in [7, 11) is 0. The molecule has 0 bridgehead atoms. The molecule has 3 rings (SSSR count). The number of aromatic nitrogens is 4. The smallest absolute Gasteiger partial charge is 0.171 e. The highest BCUT2D eigenvalue weighted by atomic mass is 35.5. The molecule has 0 fully saturated rings. The minimum atomic E-state index is -0.0971. The van der Waals surface area contributed by atoms with Crippen LogP contribution in [0.25, 0.3) is 6.08 Å². The zero-order valence-electron chi connectivity index (χ0n) is 13.6. The van der Waals surface area contributed by atoms with E-state index in [2.05, 4.69) is 25.5 Å². The van der Waals surface area contributed by atoms with Crippen LogP contribution in [0.1, 0.15) is 22.0 Å². The molecule has 0 aliphatic rings. The molecular formula is C18H15ClN6O. The van der Waals surface area contributed by atoms with Crippen LogP contribution in [-0.4, -0.2) is 31.8 Å². The van der Waals surface area contributed by atoms with Gasteiger partial charge in [0.25, 0.3) is 0 Å². The van der Waals surface area contributed by atoms with E-state index in [9.17, 15) is 4.79 Å². The van der Waals surface area contributed by atoms with Gasteiger partial charge in [0, 0.05) is 28.7 Å². The number of halogens is 1. The lowest BCUT2D eigenvalue weighted by molar-refractivity contribution is 0.0990. The van der Waals surface area contributed by atoms with Crippen LogP contribution in [0, 0.1) is 5.41 Å². The van der Waals surface area contributed by atoms with Crippen molar-refractivity contribution in [3.8, 4) is 0 Å². The number of carbonyl (C=O) groups excluding carboxylic acids is 1. The maximum absolute atomic E-state index is 12.1. The summed E-state index contributed by atoms with van der Waals surface area (Å²) < 4.78 is 0. The summed E-state index contributed by atoms with van der Waals surface area (Å²) >= 11 is 5.91. The minimum absolute atomic E-state index is 0.0971. The van der Waals surface area contributed by atoms with Gasteiger partial charge in [0.1, 0.15) is 11.7 Å². The molecule has 26 heavy (non-hydrogen) atoms. The molecule has 2 aromatic heterocycles. The van der Waals surface area contributed by atoms with Crippen LogP contribution in [0.5, 0.6) is 0 Å². The molecular weight excluding hydrogens is 352 g/mol. The van der Waals surface area contributed by atoms with E-state index in [-0.39, 0.29) is 18.0 Å². The number of hydrogen-bond donors (Lipinski definition) is 3. The largest absolute Gasteiger partial charge is 0.341 e. The van der Waals surface area contributed by atoms with E-state index in [1.807, 2.05) is 6.07 Å². The Morgan fingerprint density at radius 1 is 1.27 bits per heavy atom. The molecule has 0 saturated carbocycles. The highest BCUT2D eigenvalue weighted by molar-refractivity contribution is 6.30. The Hall–Kier alpha value is -3.32. The number of anilines is 1. The fourth-order valence-corrected chi connectivity index (χ4v) is 2.36. The van der Waals surface area contributed by atoms with Crippen molar-refractivity contribution in [2.24, 2.45) is 0 Å². The van der Waals surface area contributed by atoms with E-state index in [0.717, 1.165) is 0 Å². The zero-order valence-corrected chi connectivity index (χ0v) is 14.4. The highest BCUT2D eigenvalue weighted by Gasteiger charge is 2.10. The SMILES string of the molecule is N=C(/C=C\c1nnc(CC(=O)c2cccnc2)[nH]1)Nc1cccc(Cl)c1. The molecule has 3 N–H and O–H groups in total. The van der Waals surface area contributed by atoms with E-state index in [1.54, 1.807) is 42.6 Å². The molecule has 0 aliphatic carbocycles. The molecule has 0 aliphatic heterocycles. The van der Waals surface area contributed by atoms with Crippen LogP contribution in [0.3, 0.4) is 0 Å². The monoisotopic (exact) mass is 366 g/mol. The number of aromatic amines is 1. The van der Waals surface area contributed by atoms with Gasteiger partial charge in [-0.3, -0.25) is 15.2 Å². The topological polar surface area (TPSA) is 107 Å². The van der Waals surface area contributed by atoms with Gasteiger partial charge in [0.15, 0.2) is 11.6 Å². The van der Waals surface area contributed by atoms with Crippen molar-refractivity contribution < 1.29 is 4.79 Å². The van der Waals surface area contributed by atoms with Gasteiger partial charge in [-0.05, 0) is 42.5 Å². The number of pyridine rings is 1. The van der Waals surface area contributed by atoms with Gasteiger partial charge in [0.2, 0.25) is 0 Å². The number of nitrogens with zero attached hydrogens (tertiary/aromatic N) is 3. The van der Waals surface area contributed by atoms with Crippen molar-refractivity contribution >= 4 is 35.0 Å². The van der Waals surface area contributed by atoms with Crippen molar-refractivity contribution in [3.63, 3.8) is 0 Å². The lowest BCUT2D eigenvalue weighted by Gasteiger charge is -2.03. The summed E-state index contributed by atoms with van der Waals surface area (Å²) in [5.41, 5.74) is 1.24. The number of ketones is 1. The lowest BCUT2D eigenvalue weighted by Crippen LogP contribution is -2.06. The van der Waals surface area contributed by atoms with Gasteiger partial charge in [-0.1, -0.05) is 17.7 Å². The van der Waals surface area contributed by atoms with Gasteiger partial charge in [-0.2, -0.15) is 0 Å². The lowest BCUT2D eigenvalue weighted by atomic mass is 10.1. The first-order valence-electron chi connectivity index (χ1n) is 7.74. The Bertz CT molecular complexity index is 951. The van der Waals surface area contributed by atoms with Crippen LogP contribution in [0.15, 0.2) is 54.9 Å². The fraction of sp³-hybridized carbons (Fsp3) is 0.0556. The predicted octanol–water partition coefficient (Wildman–Crippen LogP) is 3.38. The van der Waals surface area contributed by atoms with Crippen LogP contribution >= 0.6 is 11.6 Å². The standard InChI is InChI=1S/C18H15ClN6O/c19-13-4-1-5-14(9-13)22-16(20)6-7-17-23-18(25-24-17)10-15(26)12-3-2-8-21-11-12/h1-9,11H,10H2,(H2,20,22)(H,23,24,25)/b7-6-. The zero-order chi connectivity index (χ0) is 18.4. The van der Waals surface area contributed by atoms with Crippen molar-refractivity contribution in [3.05, 3.63) is 77.1 Å². The molecule has 0 saturated heterocycles. The molecule has 0 radical (unpaired) electrons. The summed E-state index contributed by atoms with van der Waals surface area (Å²) in [6.07, 6.45) is 6.37. The van der Waals surface area contributed by atoms with E-state index < -0.39 is 0 Å². The Balaban J connectivity index is 1.58. The average molecular weight is 367 g/mol. The normalized spacial score (nSPS) is 10.8. The summed E-state index contributed by atoms with van der Waals surface area (Å²) in [6, 6.07) is 10.5. The van der Waals surface area contributed by atoms with Gasteiger partial charge in [0.05, 0.1) is 6.42 Å². The Morgan fingerprint density at radius 3 is 2.92 bits per heavy atom. The fourth-order valence-electron chi connectivity index (χ4n) is 2.17. The van der Waals surface area contributed by atoms with Gasteiger partial charge in [-0.25, -0.2) is 0 Å². The first kappa shape index (κ1) is 17.5. The molecule has 1 aromatic carbocycles. The van der Waals surface area contributed by atoms with Gasteiger partial charge >= 0.3 is 0 Å². The Morgan fingerprint density at radius 2 is 2.15 bits per heavy atom. The number of benzene rings is 1. The van der Waals surface area contributed by atoms with Crippen LogP contribution in [-0.2, 0) is 6.42 Å². The average Bonchev–Trinajstić information content (AvgIpc) is 3.08. The van der Waals surface area contributed by atoms with Crippen molar-refractivity contribution in [1.82, 2.24) is 20.2 Å². The molecule has 130 valence electrons. The number of nitrogens with one attached hydrogen (secondary N) is 3. The van der Waals surface area contributed by atoms with E-state index >= 15 is 0 Å². The number of H-pyrrole nitrogens is 1. The summed E-state index contributed by atoms with van der Waals surface area (Å²) in [5.74, 6) is 0.973. The summed E-state index contributed by atoms with van der Waals surface area (Å²) in [4.78, 5) is 19.0. The number of amidine groups is 1. The van der Waals surface area contributed by atoms with Crippen LogP contribution in [0.2, 0.25) is 5.02 Å². The third-order valence-corrected chi connectivity index (χ3v) is 3.61. The Labute approximate surface area is 154 Å². The molecule has 0 amide bonds. The summed E-state index contributed by atoms with van der Waals surface area (Å²) in [5, 5.41) is 19.3. The molecule has 0 unspecified atom stereocenters. The van der Waals surface area contributed by atoms with E-state index in [1.165, 1.54) is 12.3 Å². The second-order valence-electron chi connectivity index (χ2n) is 5.38. The third-order valence-electron chi connectivity index (χ3n) is 3.37. The maximum Gasteiger partial charge on any atom is 0.171 e. The van der Waals surface area contributed by atoms with E-state index in [4.69, 9.17) is 17.0 Å². The quantitative estimate of drug-likeness (QED) is 0.352. The second-order valence-corrected chi connectivity index (χ2v) is 5.82. The molecule has 8 heteroatoms. The van der Waals surface area contributed by atoms with Crippen molar-refractivity contribution in [1.29, 1.82) is 5.41 Å². The molecule has 3 aromatic rings. The van der Waals surface area contributed by atoms with Crippen molar-refractivity contribution in [2.75, 3.05) is 5.32 Å². The highest BCUT2D eigenvalue weighted by Crippen LogP contribution is 2.14. The second kappa shape index (κ2) is 8.17. The van der Waals surface area contributed by atoms with Crippen LogP contribution < -0.4 is 5.32 Å². The number of carbonyl (C=O) groups is 1. The molecule has 7 nitrogen and oxygen atoms in total. The van der Waals surface area contributed by atoms with Gasteiger partial charge < -0.3 is 10.3 Å². The number of hydrogen-bond acceptors (Lipinski definition) is 5. The van der Waals surface area contributed by atoms with E-state index in [0.29, 0.717) is 27.9 Å². The van der Waals surface area contributed by atoms with Gasteiger partial charge in [-0.15, -0.1) is 10.2 Å². The number of Topliss-reactive ketones (excluding diaryl/α,β-unsaturated/α-hetero) is 1. The first-order chi connectivity index (χ1) is 12.6. The number of rotatable bonds is 6. The Kier molecular flexibility index (Phi) is 5.50. The summed E-state index contributed by atoms with van der Waals surface area (Å²) in [6.45, 7) is 0. The molecule has 0 atom stereocenters. The first-order valence-corrected chi connectivity index (χ1v) is 8.12. The van der Waals surface area contributed by atoms with Crippen LogP contribution in [0.4, 0.5) is 5.69 Å². The minimum Gasteiger partial charge on any atom is -0.341 e.